The van der Waals surface area contributed by atoms with Crippen LogP contribution in [0, 0.1) is 5.92 Å². The van der Waals surface area contributed by atoms with Crippen molar-refractivity contribution in [3.05, 3.63) is 29.8 Å². The lowest BCUT2D eigenvalue weighted by atomic mass is 9.83. The summed E-state index contributed by atoms with van der Waals surface area (Å²) in [5.41, 5.74) is 0.562. The van der Waals surface area contributed by atoms with Crippen LogP contribution in [0.2, 0.25) is 0 Å². The van der Waals surface area contributed by atoms with E-state index in [2.05, 4.69) is 25.2 Å². The summed E-state index contributed by atoms with van der Waals surface area (Å²) in [6.45, 7) is 8.62. The Hall–Kier alpha value is -1.06. The predicted octanol–water partition coefficient (Wildman–Crippen LogP) is 2.94. The maximum absolute atomic E-state index is 10.6. The van der Waals surface area contributed by atoms with Gasteiger partial charge in [-0.25, -0.2) is 0 Å². The third-order valence-electron chi connectivity index (χ3n) is 3.83. The van der Waals surface area contributed by atoms with Crippen molar-refractivity contribution >= 4 is 0 Å². The van der Waals surface area contributed by atoms with Crippen LogP contribution < -0.4 is 10.1 Å². The largest absolute Gasteiger partial charge is 0.493 e. The van der Waals surface area contributed by atoms with Gasteiger partial charge in [0, 0.05) is 6.54 Å². The van der Waals surface area contributed by atoms with Gasteiger partial charge in [0.1, 0.15) is 5.75 Å². The molecule has 3 heteroatoms. The van der Waals surface area contributed by atoms with Gasteiger partial charge in [-0.15, -0.1) is 0 Å². The lowest BCUT2D eigenvalue weighted by Gasteiger charge is -2.32. The first-order chi connectivity index (χ1) is 9.48. The van der Waals surface area contributed by atoms with Crippen molar-refractivity contribution < 1.29 is 9.84 Å². The van der Waals surface area contributed by atoms with E-state index in [1.807, 2.05) is 25.1 Å². The molecule has 0 saturated carbocycles. The molecule has 0 aromatic heterocycles. The van der Waals surface area contributed by atoms with Crippen LogP contribution in [0.1, 0.15) is 45.1 Å². The first kappa shape index (κ1) is 15.3. The topological polar surface area (TPSA) is 41.5 Å². The number of para-hydroxylation sites is 1. The van der Waals surface area contributed by atoms with Gasteiger partial charge in [-0.3, -0.25) is 0 Å². The maximum atomic E-state index is 10.6. The van der Waals surface area contributed by atoms with Crippen LogP contribution in [0.3, 0.4) is 0 Å². The van der Waals surface area contributed by atoms with Crippen molar-refractivity contribution in [3.63, 3.8) is 0 Å². The minimum atomic E-state index is -0.677. The fourth-order valence-corrected chi connectivity index (χ4v) is 2.86. The van der Waals surface area contributed by atoms with Crippen molar-refractivity contribution in [1.29, 1.82) is 0 Å². The average Bonchev–Trinajstić information content (AvgIpc) is 2.38. The number of ether oxygens (including phenoxy) is 1. The highest BCUT2D eigenvalue weighted by atomic mass is 16.5. The number of hydrogen-bond acceptors (Lipinski definition) is 3. The van der Waals surface area contributed by atoms with Crippen LogP contribution >= 0.6 is 0 Å². The SMILES string of the molecule is CC(C)CNCC(C)(O)CC1CCOc2ccccc21. The zero-order valence-electron chi connectivity index (χ0n) is 12.9. The van der Waals surface area contributed by atoms with E-state index in [1.165, 1.54) is 5.56 Å². The Morgan fingerprint density at radius 3 is 2.90 bits per heavy atom. The number of nitrogens with one attached hydrogen (secondary N) is 1. The molecule has 3 nitrogen and oxygen atoms in total. The van der Waals surface area contributed by atoms with E-state index >= 15 is 0 Å². The Morgan fingerprint density at radius 1 is 1.40 bits per heavy atom. The Balaban J connectivity index is 1.96. The molecule has 2 rings (SSSR count). The van der Waals surface area contributed by atoms with E-state index in [-0.39, 0.29) is 0 Å². The van der Waals surface area contributed by atoms with Crippen LogP contribution in [0.4, 0.5) is 0 Å². The summed E-state index contributed by atoms with van der Waals surface area (Å²) in [4.78, 5) is 0. The smallest absolute Gasteiger partial charge is 0.122 e. The highest BCUT2D eigenvalue weighted by Gasteiger charge is 2.29. The molecule has 0 bridgehead atoms. The van der Waals surface area contributed by atoms with Crippen molar-refractivity contribution in [3.8, 4) is 5.75 Å². The van der Waals surface area contributed by atoms with Crippen molar-refractivity contribution in [2.24, 2.45) is 5.92 Å². The minimum absolute atomic E-state index is 0.385. The molecule has 1 heterocycles. The third kappa shape index (κ3) is 4.22. The lowest BCUT2D eigenvalue weighted by Crippen LogP contribution is -2.40. The van der Waals surface area contributed by atoms with Gasteiger partial charge < -0.3 is 15.2 Å². The van der Waals surface area contributed by atoms with Crippen LogP contribution in [-0.4, -0.2) is 30.4 Å². The normalized spacial score (nSPS) is 21.1. The molecule has 2 N–H and O–H groups in total. The number of hydrogen-bond donors (Lipinski definition) is 2. The summed E-state index contributed by atoms with van der Waals surface area (Å²) in [6, 6.07) is 8.19. The molecule has 0 spiro atoms. The molecule has 2 unspecified atom stereocenters. The molecule has 0 fully saturated rings. The van der Waals surface area contributed by atoms with Gasteiger partial charge in [-0.2, -0.15) is 0 Å². The van der Waals surface area contributed by atoms with E-state index in [1.54, 1.807) is 0 Å². The molecule has 0 aliphatic carbocycles. The van der Waals surface area contributed by atoms with Crippen molar-refractivity contribution in [1.82, 2.24) is 5.32 Å². The predicted molar refractivity (Wildman–Crippen MR) is 82.2 cm³/mol. The van der Waals surface area contributed by atoms with Gasteiger partial charge in [0.25, 0.3) is 0 Å². The molecule has 2 atom stereocenters. The fraction of sp³-hybridized carbons (Fsp3) is 0.647. The van der Waals surface area contributed by atoms with Crippen molar-refractivity contribution in [2.45, 2.75) is 45.1 Å². The van der Waals surface area contributed by atoms with Crippen LogP contribution in [0.5, 0.6) is 5.75 Å². The summed E-state index contributed by atoms with van der Waals surface area (Å²) >= 11 is 0. The molecule has 20 heavy (non-hydrogen) atoms. The van der Waals surface area contributed by atoms with E-state index in [0.29, 0.717) is 18.4 Å². The molecule has 112 valence electrons. The fourth-order valence-electron chi connectivity index (χ4n) is 2.86. The van der Waals surface area contributed by atoms with E-state index < -0.39 is 5.60 Å². The molecular formula is C17H27NO2. The molecular weight excluding hydrogens is 250 g/mol. The minimum Gasteiger partial charge on any atom is -0.493 e. The first-order valence-corrected chi connectivity index (χ1v) is 7.63. The number of fused-ring (bicyclic) bond motifs is 1. The maximum Gasteiger partial charge on any atom is 0.122 e. The molecule has 1 aliphatic heterocycles. The summed E-state index contributed by atoms with van der Waals surface area (Å²) in [5.74, 6) is 1.97. The Morgan fingerprint density at radius 2 is 2.15 bits per heavy atom. The second-order valence-electron chi connectivity index (χ2n) is 6.60. The Labute approximate surface area is 122 Å². The molecule has 1 aliphatic rings. The summed E-state index contributed by atoms with van der Waals surface area (Å²) in [6.07, 6.45) is 1.76. The summed E-state index contributed by atoms with van der Waals surface area (Å²) < 4.78 is 5.68. The van der Waals surface area contributed by atoms with E-state index in [0.717, 1.165) is 31.7 Å². The second kappa shape index (κ2) is 6.59. The van der Waals surface area contributed by atoms with Gasteiger partial charge in [-0.05, 0) is 49.8 Å². The number of rotatable bonds is 6. The molecule has 0 radical (unpaired) electrons. The number of benzene rings is 1. The number of aliphatic hydroxyl groups is 1. The summed E-state index contributed by atoms with van der Waals surface area (Å²) in [7, 11) is 0. The molecule has 1 aromatic rings. The molecule has 0 saturated heterocycles. The molecule has 0 amide bonds. The second-order valence-corrected chi connectivity index (χ2v) is 6.60. The zero-order chi connectivity index (χ0) is 14.6. The van der Waals surface area contributed by atoms with Gasteiger partial charge in [-0.1, -0.05) is 32.0 Å². The zero-order valence-corrected chi connectivity index (χ0v) is 12.9. The van der Waals surface area contributed by atoms with Crippen LogP contribution in [0.25, 0.3) is 0 Å². The van der Waals surface area contributed by atoms with Crippen LogP contribution in [0.15, 0.2) is 24.3 Å². The third-order valence-corrected chi connectivity index (χ3v) is 3.83. The lowest BCUT2D eigenvalue weighted by molar-refractivity contribution is 0.0384. The summed E-state index contributed by atoms with van der Waals surface area (Å²) in [5, 5.41) is 14.0. The van der Waals surface area contributed by atoms with Gasteiger partial charge >= 0.3 is 0 Å². The van der Waals surface area contributed by atoms with E-state index in [9.17, 15) is 5.11 Å². The molecule has 1 aromatic carbocycles. The standard InChI is InChI=1S/C17H27NO2/c1-13(2)11-18-12-17(3,19)10-14-8-9-20-16-7-5-4-6-15(14)16/h4-7,13-14,18-19H,8-12H2,1-3H3. The van der Waals surface area contributed by atoms with Crippen molar-refractivity contribution in [2.75, 3.05) is 19.7 Å². The Bertz CT molecular complexity index is 429. The van der Waals surface area contributed by atoms with Crippen LogP contribution in [-0.2, 0) is 0 Å². The van der Waals surface area contributed by atoms with Gasteiger partial charge in [0.15, 0.2) is 0 Å². The quantitative estimate of drug-likeness (QED) is 0.840. The monoisotopic (exact) mass is 277 g/mol. The highest BCUT2D eigenvalue weighted by Crippen LogP contribution is 2.37. The van der Waals surface area contributed by atoms with Gasteiger partial charge in [0.05, 0.1) is 12.2 Å². The Kier molecular flexibility index (Phi) is 5.06. The van der Waals surface area contributed by atoms with Gasteiger partial charge in [0.2, 0.25) is 0 Å². The highest BCUT2D eigenvalue weighted by molar-refractivity contribution is 5.37. The first-order valence-electron chi connectivity index (χ1n) is 7.63. The average molecular weight is 277 g/mol. The van der Waals surface area contributed by atoms with E-state index in [4.69, 9.17) is 4.74 Å².